The molecule has 0 aromatic heterocycles. The van der Waals surface area contributed by atoms with Gasteiger partial charge in [-0.05, 0) is 38.3 Å². The molecule has 0 N–H and O–H groups in total. The molecule has 1 aromatic rings. The van der Waals surface area contributed by atoms with E-state index in [-0.39, 0.29) is 17.2 Å². The van der Waals surface area contributed by atoms with Gasteiger partial charge < -0.3 is 14.5 Å². The van der Waals surface area contributed by atoms with Crippen molar-refractivity contribution in [2.45, 2.75) is 26.2 Å². The maximum Gasteiger partial charge on any atom is 0.239 e. The average molecular weight is 328 g/mol. The lowest BCUT2D eigenvalue weighted by Gasteiger charge is -2.24. The molecule has 4 rings (SSSR count). The summed E-state index contributed by atoms with van der Waals surface area (Å²) < 4.78 is 5.53. The van der Waals surface area contributed by atoms with Gasteiger partial charge in [0.15, 0.2) is 0 Å². The predicted molar refractivity (Wildman–Crippen MR) is 90.7 cm³/mol. The van der Waals surface area contributed by atoms with Gasteiger partial charge in [0.1, 0.15) is 5.92 Å². The second-order valence-electron chi connectivity index (χ2n) is 7.48. The Bertz CT molecular complexity index is 649. The normalized spacial score (nSPS) is 29.9. The third-order valence-electron chi connectivity index (χ3n) is 5.78. The molecular formula is C19H24N2O3. The van der Waals surface area contributed by atoms with Crippen LogP contribution >= 0.6 is 0 Å². The molecule has 3 saturated heterocycles. The Labute approximate surface area is 142 Å². The number of ether oxygens (including phenoxy) is 1. The van der Waals surface area contributed by atoms with Gasteiger partial charge in [0, 0.05) is 37.3 Å². The van der Waals surface area contributed by atoms with Crippen LogP contribution in [0.25, 0.3) is 0 Å². The molecule has 24 heavy (non-hydrogen) atoms. The zero-order valence-corrected chi connectivity index (χ0v) is 14.2. The van der Waals surface area contributed by atoms with Crippen LogP contribution in [0.2, 0.25) is 0 Å². The van der Waals surface area contributed by atoms with E-state index >= 15 is 0 Å². The van der Waals surface area contributed by atoms with Crippen molar-refractivity contribution >= 4 is 17.5 Å². The van der Waals surface area contributed by atoms with Crippen molar-refractivity contribution in [3.8, 4) is 0 Å². The molecule has 0 unspecified atom stereocenters. The summed E-state index contributed by atoms with van der Waals surface area (Å²) in [6, 6.07) is 7.92. The van der Waals surface area contributed by atoms with E-state index in [1.165, 1.54) is 5.56 Å². The molecule has 2 atom stereocenters. The van der Waals surface area contributed by atoms with Crippen LogP contribution in [0.4, 0.5) is 5.69 Å². The first-order valence-electron chi connectivity index (χ1n) is 8.83. The number of likely N-dealkylation sites (tertiary alicyclic amines) is 1. The highest BCUT2D eigenvalue weighted by atomic mass is 16.5. The van der Waals surface area contributed by atoms with Gasteiger partial charge in [0.05, 0.1) is 6.61 Å². The Hall–Kier alpha value is -1.88. The van der Waals surface area contributed by atoms with Crippen molar-refractivity contribution in [2.24, 2.45) is 11.3 Å². The molecule has 0 aliphatic carbocycles. The summed E-state index contributed by atoms with van der Waals surface area (Å²) in [7, 11) is 0. The van der Waals surface area contributed by atoms with Crippen LogP contribution in [-0.4, -0.2) is 49.6 Å². The SMILES string of the molecule is Cc1ccc(N2CC[C@@H](C(=O)N3CC[C@@]4(CCOC4)C3)C2=O)cc1. The zero-order chi connectivity index (χ0) is 16.7. The van der Waals surface area contributed by atoms with E-state index in [2.05, 4.69) is 0 Å². The summed E-state index contributed by atoms with van der Waals surface area (Å²) in [6.45, 7) is 5.71. The van der Waals surface area contributed by atoms with E-state index in [4.69, 9.17) is 4.74 Å². The van der Waals surface area contributed by atoms with Gasteiger partial charge >= 0.3 is 0 Å². The van der Waals surface area contributed by atoms with Gasteiger partial charge in [-0.25, -0.2) is 0 Å². The van der Waals surface area contributed by atoms with Crippen molar-refractivity contribution in [3.63, 3.8) is 0 Å². The number of carbonyl (C=O) groups is 2. The van der Waals surface area contributed by atoms with E-state index in [0.29, 0.717) is 13.0 Å². The number of anilines is 1. The van der Waals surface area contributed by atoms with Crippen molar-refractivity contribution in [1.29, 1.82) is 0 Å². The summed E-state index contributed by atoms with van der Waals surface area (Å²) in [5.74, 6) is -0.547. The largest absolute Gasteiger partial charge is 0.381 e. The zero-order valence-electron chi connectivity index (χ0n) is 14.2. The molecule has 1 aromatic carbocycles. The van der Waals surface area contributed by atoms with Gasteiger partial charge in [-0.3, -0.25) is 9.59 Å². The summed E-state index contributed by atoms with van der Waals surface area (Å²) in [4.78, 5) is 29.3. The number of hydrogen-bond donors (Lipinski definition) is 0. The first-order valence-corrected chi connectivity index (χ1v) is 8.83. The molecule has 3 fully saturated rings. The molecule has 3 aliphatic rings. The molecule has 3 heterocycles. The fraction of sp³-hybridized carbons (Fsp3) is 0.579. The van der Waals surface area contributed by atoms with Gasteiger partial charge in [-0.15, -0.1) is 0 Å². The monoisotopic (exact) mass is 328 g/mol. The van der Waals surface area contributed by atoms with E-state index in [1.54, 1.807) is 4.90 Å². The maximum absolute atomic E-state index is 12.9. The highest BCUT2D eigenvalue weighted by Gasteiger charge is 2.46. The topological polar surface area (TPSA) is 49.9 Å². The second kappa shape index (κ2) is 5.88. The van der Waals surface area contributed by atoms with Gasteiger partial charge in [-0.1, -0.05) is 17.7 Å². The van der Waals surface area contributed by atoms with Crippen molar-refractivity contribution < 1.29 is 14.3 Å². The number of nitrogens with zero attached hydrogens (tertiary/aromatic N) is 2. The van der Waals surface area contributed by atoms with E-state index in [0.717, 1.165) is 44.8 Å². The predicted octanol–water partition coefficient (Wildman–Crippen LogP) is 1.99. The number of carbonyl (C=O) groups excluding carboxylic acids is 2. The highest BCUT2D eigenvalue weighted by molar-refractivity contribution is 6.09. The number of benzene rings is 1. The number of aryl methyl sites for hydroxylation is 1. The maximum atomic E-state index is 12.9. The fourth-order valence-electron chi connectivity index (χ4n) is 4.21. The van der Waals surface area contributed by atoms with Crippen molar-refractivity contribution in [2.75, 3.05) is 37.7 Å². The molecule has 1 spiro atoms. The standard InChI is InChI=1S/C19H24N2O3/c1-14-2-4-15(5-3-14)21-9-6-16(18(21)23)17(22)20-10-7-19(12-20)8-11-24-13-19/h2-5,16H,6-13H2,1H3/t16-,19+/m0/s1. The minimum Gasteiger partial charge on any atom is -0.381 e. The quantitative estimate of drug-likeness (QED) is 0.780. The average Bonchev–Trinajstić information content (AvgIpc) is 3.30. The Morgan fingerprint density at radius 1 is 1.21 bits per heavy atom. The minimum atomic E-state index is -0.510. The van der Waals surface area contributed by atoms with Crippen LogP contribution in [0, 0.1) is 18.3 Å². The molecular weight excluding hydrogens is 304 g/mol. The van der Waals surface area contributed by atoms with E-state index in [1.807, 2.05) is 36.1 Å². The van der Waals surface area contributed by atoms with Gasteiger partial charge in [0.2, 0.25) is 11.8 Å². The lowest BCUT2D eigenvalue weighted by atomic mass is 9.87. The van der Waals surface area contributed by atoms with Crippen molar-refractivity contribution in [3.05, 3.63) is 29.8 Å². The minimum absolute atomic E-state index is 0.0124. The lowest BCUT2D eigenvalue weighted by Crippen LogP contribution is -2.40. The third kappa shape index (κ3) is 2.61. The smallest absolute Gasteiger partial charge is 0.239 e. The number of rotatable bonds is 2. The van der Waals surface area contributed by atoms with Crippen LogP contribution < -0.4 is 4.90 Å². The summed E-state index contributed by atoms with van der Waals surface area (Å²) in [5, 5.41) is 0. The van der Waals surface area contributed by atoms with Crippen LogP contribution in [-0.2, 0) is 14.3 Å². The molecule has 0 radical (unpaired) electrons. The molecule has 0 bridgehead atoms. The number of amides is 2. The molecule has 5 heteroatoms. The molecule has 5 nitrogen and oxygen atoms in total. The Kier molecular flexibility index (Phi) is 3.83. The first-order chi connectivity index (χ1) is 11.6. The van der Waals surface area contributed by atoms with Gasteiger partial charge in [-0.2, -0.15) is 0 Å². The van der Waals surface area contributed by atoms with Crippen LogP contribution in [0.3, 0.4) is 0 Å². The summed E-state index contributed by atoms with van der Waals surface area (Å²) in [5.41, 5.74) is 2.20. The first kappa shape index (κ1) is 15.6. The fourth-order valence-corrected chi connectivity index (χ4v) is 4.21. The van der Waals surface area contributed by atoms with Crippen LogP contribution in [0.1, 0.15) is 24.8 Å². The second-order valence-corrected chi connectivity index (χ2v) is 7.48. The summed E-state index contributed by atoms with van der Waals surface area (Å²) in [6.07, 6.45) is 2.65. The van der Waals surface area contributed by atoms with Crippen LogP contribution in [0.15, 0.2) is 24.3 Å². The number of hydrogen-bond acceptors (Lipinski definition) is 3. The molecule has 128 valence electrons. The molecule has 0 saturated carbocycles. The summed E-state index contributed by atoms with van der Waals surface area (Å²) >= 11 is 0. The third-order valence-corrected chi connectivity index (χ3v) is 5.78. The Balaban J connectivity index is 1.44. The molecule has 3 aliphatic heterocycles. The van der Waals surface area contributed by atoms with Crippen LogP contribution in [0.5, 0.6) is 0 Å². The molecule has 2 amide bonds. The lowest BCUT2D eigenvalue weighted by molar-refractivity contribution is -0.139. The Morgan fingerprint density at radius 2 is 2.00 bits per heavy atom. The van der Waals surface area contributed by atoms with E-state index < -0.39 is 5.92 Å². The Morgan fingerprint density at radius 3 is 2.71 bits per heavy atom. The van der Waals surface area contributed by atoms with E-state index in [9.17, 15) is 9.59 Å². The van der Waals surface area contributed by atoms with Crippen molar-refractivity contribution in [1.82, 2.24) is 4.90 Å². The highest BCUT2D eigenvalue weighted by Crippen LogP contribution is 2.39. The van der Waals surface area contributed by atoms with Gasteiger partial charge in [0.25, 0.3) is 0 Å².